The first-order valence-corrected chi connectivity index (χ1v) is 10.7. The molecule has 0 radical (unpaired) electrons. The molecule has 148 valence electrons. The predicted octanol–water partition coefficient (Wildman–Crippen LogP) is 3.74. The minimum Gasteiger partial charge on any atom is -0.332 e. The lowest BCUT2D eigenvalue weighted by Crippen LogP contribution is -2.60. The molecule has 1 aromatic carbocycles. The molecule has 5 heterocycles. The third kappa shape index (κ3) is 2.63. The number of aromatic nitrogens is 1. The lowest BCUT2D eigenvalue weighted by Gasteiger charge is -2.51. The number of halogens is 2. The van der Waals surface area contributed by atoms with E-state index in [0.717, 1.165) is 42.7 Å². The maximum Gasteiger partial charge on any atom is 0.266 e. The molecule has 2 bridgehead atoms. The van der Waals surface area contributed by atoms with E-state index in [1.54, 1.807) is 12.1 Å². The minimum absolute atomic E-state index is 0.00818. The van der Waals surface area contributed by atoms with Crippen LogP contribution in [-0.2, 0) is 0 Å². The van der Waals surface area contributed by atoms with Gasteiger partial charge < -0.3 is 4.90 Å². The molecule has 0 aliphatic carbocycles. The molecule has 0 N–H and O–H groups in total. The lowest BCUT2D eigenvalue weighted by molar-refractivity contribution is -0.00347. The highest BCUT2D eigenvalue weighted by Crippen LogP contribution is 2.47. The van der Waals surface area contributed by atoms with Crippen LogP contribution in [0.25, 0.3) is 0 Å². The van der Waals surface area contributed by atoms with Crippen LogP contribution in [0.4, 0.5) is 8.78 Å². The molecular formula is C21H23F2N3OS. The van der Waals surface area contributed by atoms with Crippen LogP contribution in [0.2, 0.25) is 0 Å². The van der Waals surface area contributed by atoms with Gasteiger partial charge in [-0.15, -0.1) is 11.3 Å². The largest absolute Gasteiger partial charge is 0.332 e. The average Bonchev–Trinajstić information content (AvgIpc) is 3.26. The van der Waals surface area contributed by atoms with Crippen LogP contribution in [0, 0.1) is 31.4 Å². The first-order chi connectivity index (χ1) is 13.5. The summed E-state index contributed by atoms with van der Waals surface area (Å²) in [5, 5.41) is 0.873. The number of likely N-dealkylation sites (tertiary alicyclic amines) is 1. The van der Waals surface area contributed by atoms with Crippen molar-refractivity contribution >= 4 is 17.2 Å². The second-order valence-corrected chi connectivity index (χ2v) is 9.41. The maximum absolute atomic E-state index is 14.7. The van der Waals surface area contributed by atoms with Crippen molar-refractivity contribution in [3.05, 3.63) is 51.0 Å². The number of aryl methyl sites for hydroxylation is 2. The van der Waals surface area contributed by atoms with Crippen molar-refractivity contribution < 1.29 is 13.6 Å². The second-order valence-electron chi connectivity index (χ2n) is 8.21. The van der Waals surface area contributed by atoms with Crippen LogP contribution in [0.5, 0.6) is 0 Å². The van der Waals surface area contributed by atoms with Crippen LogP contribution < -0.4 is 0 Å². The van der Waals surface area contributed by atoms with Crippen LogP contribution in [0.15, 0.2) is 18.2 Å². The topological polar surface area (TPSA) is 36.4 Å². The Morgan fingerprint density at radius 3 is 2.61 bits per heavy atom. The molecular weight excluding hydrogens is 380 g/mol. The van der Waals surface area contributed by atoms with Gasteiger partial charge in [0, 0.05) is 18.5 Å². The van der Waals surface area contributed by atoms with Gasteiger partial charge in [-0.25, -0.2) is 13.8 Å². The van der Waals surface area contributed by atoms with Gasteiger partial charge in [-0.05, 0) is 57.3 Å². The number of rotatable bonds is 2. The summed E-state index contributed by atoms with van der Waals surface area (Å²) in [4.78, 5) is 22.9. The van der Waals surface area contributed by atoms with E-state index in [9.17, 15) is 13.6 Å². The van der Waals surface area contributed by atoms with Crippen molar-refractivity contribution in [3.63, 3.8) is 0 Å². The molecule has 7 heteroatoms. The number of hydrogen-bond donors (Lipinski definition) is 0. The predicted molar refractivity (Wildman–Crippen MR) is 104 cm³/mol. The smallest absolute Gasteiger partial charge is 0.266 e. The Morgan fingerprint density at radius 1 is 1.18 bits per heavy atom. The molecule has 4 nitrogen and oxygen atoms in total. The number of fused-ring (bicyclic) bond motifs is 2. The Bertz CT molecular complexity index is 938. The molecule has 28 heavy (non-hydrogen) atoms. The summed E-state index contributed by atoms with van der Waals surface area (Å²) < 4.78 is 28.6. The number of thiazole rings is 1. The quantitative estimate of drug-likeness (QED) is 0.767. The van der Waals surface area contributed by atoms with Gasteiger partial charge in [0.15, 0.2) is 11.6 Å². The molecule has 6 rings (SSSR count). The molecule has 4 saturated heterocycles. The summed E-state index contributed by atoms with van der Waals surface area (Å²) in [6.07, 6.45) is 2.12. The van der Waals surface area contributed by atoms with E-state index in [0.29, 0.717) is 22.9 Å². The van der Waals surface area contributed by atoms with Crippen molar-refractivity contribution in [1.82, 2.24) is 14.8 Å². The summed E-state index contributed by atoms with van der Waals surface area (Å²) >= 11 is 1.42. The van der Waals surface area contributed by atoms with Gasteiger partial charge in [-0.1, -0.05) is 12.1 Å². The fourth-order valence-electron chi connectivity index (χ4n) is 5.59. The van der Waals surface area contributed by atoms with Crippen LogP contribution >= 0.6 is 11.3 Å². The molecule has 0 saturated carbocycles. The molecule has 1 aromatic heterocycles. The van der Waals surface area contributed by atoms with E-state index in [4.69, 9.17) is 0 Å². The zero-order valence-electron chi connectivity index (χ0n) is 16.0. The number of benzene rings is 1. The third-order valence-electron chi connectivity index (χ3n) is 6.73. The fraction of sp³-hybridized carbons (Fsp3) is 0.524. The van der Waals surface area contributed by atoms with E-state index >= 15 is 0 Å². The zero-order chi connectivity index (χ0) is 19.6. The Balaban J connectivity index is 1.57. The summed E-state index contributed by atoms with van der Waals surface area (Å²) in [6, 6.07) is 4.52. The highest BCUT2D eigenvalue weighted by Gasteiger charge is 2.55. The van der Waals surface area contributed by atoms with Gasteiger partial charge >= 0.3 is 0 Å². The molecule has 0 unspecified atom stereocenters. The molecule has 4 fully saturated rings. The number of carbonyl (C=O) groups excluding carboxylic acids is 1. The van der Waals surface area contributed by atoms with Crippen LogP contribution in [0.1, 0.15) is 44.7 Å². The van der Waals surface area contributed by atoms with Crippen molar-refractivity contribution in [1.29, 1.82) is 0 Å². The number of piperidine rings is 3. The normalized spacial score (nSPS) is 31.3. The van der Waals surface area contributed by atoms with Crippen molar-refractivity contribution in [2.75, 3.05) is 19.6 Å². The Labute approximate surface area is 167 Å². The third-order valence-corrected chi connectivity index (χ3v) is 7.79. The van der Waals surface area contributed by atoms with E-state index < -0.39 is 11.6 Å². The van der Waals surface area contributed by atoms with Gasteiger partial charge in [-0.2, -0.15) is 0 Å². The number of hydrogen-bond acceptors (Lipinski definition) is 4. The molecule has 4 aliphatic rings. The molecule has 2 aromatic rings. The van der Waals surface area contributed by atoms with E-state index in [-0.39, 0.29) is 23.9 Å². The summed E-state index contributed by atoms with van der Waals surface area (Å²) in [5.74, 6) is -1.38. The Hall–Kier alpha value is -1.86. The number of carbonyl (C=O) groups is 1. The van der Waals surface area contributed by atoms with Crippen molar-refractivity contribution in [2.45, 2.75) is 44.7 Å². The molecule has 1 amide bonds. The summed E-state index contributed by atoms with van der Waals surface area (Å²) in [5.41, 5.74) is 1.15. The highest BCUT2D eigenvalue weighted by atomic mass is 32.1. The van der Waals surface area contributed by atoms with Gasteiger partial charge in [0.25, 0.3) is 5.91 Å². The SMILES string of the molecule is Cc1nc(C)c(C(=O)N2C[C@@H](c3cccc(F)c3F)[C@@H]3[C@H]2C2CCN3CC2)s1. The average molecular weight is 403 g/mol. The van der Waals surface area contributed by atoms with Gasteiger partial charge in [0.1, 0.15) is 4.88 Å². The van der Waals surface area contributed by atoms with E-state index in [1.807, 2.05) is 18.7 Å². The van der Waals surface area contributed by atoms with Crippen molar-refractivity contribution in [3.8, 4) is 0 Å². The zero-order valence-corrected chi connectivity index (χ0v) is 16.8. The first-order valence-electron chi connectivity index (χ1n) is 9.88. The van der Waals surface area contributed by atoms with E-state index in [2.05, 4.69) is 9.88 Å². The van der Waals surface area contributed by atoms with Gasteiger partial charge in [0.05, 0.1) is 16.7 Å². The van der Waals surface area contributed by atoms with Crippen LogP contribution in [0.3, 0.4) is 0 Å². The van der Waals surface area contributed by atoms with E-state index in [1.165, 1.54) is 11.3 Å². The lowest BCUT2D eigenvalue weighted by atomic mass is 9.75. The monoisotopic (exact) mass is 403 g/mol. The van der Waals surface area contributed by atoms with Gasteiger partial charge in [-0.3, -0.25) is 9.69 Å². The molecule has 4 aliphatic heterocycles. The summed E-state index contributed by atoms with van der Waals surface area (Å²) in [7, 11) is 0. The minimum atomic E-state index is -0.816. The molecule has 0 spiro atoms. The Kier molecular flexibility index (Phi) is 4.28. The fourth-order valence-corrected chi connectivity index (χ4v) is 6.47. The highest BCUT2D eigenvalue weighted by molar-refractivity contribution is 7.13. The molecule has 3 atom stereocenters. The summed E-state index contributed by atoms with van der Waals surface area (Å²) in [6.45, 7) is 6.14. The number of nitrogens with zero attached hydrogens (tertiary/aromatic N) is 3. The Morgan fingerprint density at radius 2 is 1.93 bits per heavy atom. The standard InChI is InChI=1S/C21H23F2N3OS/c1-11-20(28-12(2)24-11)21(27)26-10-15(14-4-3-5-16(22)17(14)23)19-18(26)13-6-8-25(19)9-7-13/h3-5,13,15,18-19H,6-10H2,1-2H3/t15-,18+,19+/m0/s1. The second kappa shape index (κ2) is 6.59. The first kappa shape index (κ1) is 18.2. The van der Waals surface area contributed by atoms with Crippen LogP contribution in [-0.4, -0.2) is 52.4 Å². The van der Waals surface area contributed by atoms with Gasteiger partial charge in [0.2, 0.25) is 0 Å². The number of amides is 1. The maximum atomic E-state index is 14.7. The van der Waals surface area contributed by atoms with Crippen molar-refractivity contribution in [2.24, 2.45) is 5.92 Å².